The predicted octanol–water partition coefficient (Wildman–Crippen LogP) is 4.41. The minimum Gasteiger partial charge on any atom is -0.455 e. The molecular formula is C18H11ClFN3O4. The van der Waals surface area contributed by atoms with Gasteiger partial charge in [0.2, 0.25) is 0 Å². The molecule has 27 heavy (non-hydrogen) atoms. The first kappa shape index (κ1) is 18.3. The number of carbonyl (C=O) groups is 1. The molecule has 1 heterocycles. The lowest BCUT2D eigenvalue weighted by atomic mass is 10.1. The number of nitrogens with zero attached hydrogens (tertiary/aromatic N) is 2. The molecule has 7 nitrogen and oxygen atoms in total. The number of benzene rings is 2. The third kappa shape index (κ3) is 4.18. The minimum absolute atomic E-state index is 0.127. The zero-order chi connectivity index (χ0) is 19.4. The van der Waals surface area contributed by atoms with Gasteiger partial charge in [-0.2, -0.15) is 5.10 Å². The number of nitro groups is 1. The molecule has 0 fully saturated rings. The van der Waals surface area contributed by atoms with E-state index in [0.29, 0.717) is 11.3 Å². The number of non-ortho nitro benzene ring substituents is 1. The Balaban J connectivity index is 1.74. The summed E-state index contributed by atoms with van der Waals surface area (Å²) < 4.78 is 19.0. The van der Waals surface area contributed by atoms with Crippen molar-refractivity contribution >= 4 is 29.4 Å². The van der Waals surface area contributed by atoms with Crippen LogP contribution in [-0.2, 0) is 0 Å². The van der Waals surface area contributed by atoms with Gasteiger partial charge in [0, 0.05) is 17.7 Å². The summed E-state index contributed by atoms with van der Waals surface area (Å²) in [6.45, 7) is 0. The number of hydrogen-bond acceptors (Lipinski definition) is 5. The van der Waals surface area contributed by atoms with Gasteiger partial charge in [-0.15, -0.1) is 0 Å². The quantitative estimate of drug-likeness (QED) is 0.398. The summed E-state index contributed by atoms with van der Waals surface area (Å²) in [6.07, 6.45) is 1.22. The van der Waals surface area contributed by atoms with Crippen molar-refractivity contribution in [1.82, 2.24) is 5.43 Å². The highest BCUT2D eigenvalue weighted by atomic mass is 35.5. The second-order valence-electron chi connectivity index (χ2n) is 5.30. The van der Waals surface area contributed by atoms with Crippen molar-refractivity contribution in [3.8, 4) is 11.3 Å². The van der Waals surface area contributed by atoms with Crippen LogP contribution in [0.5, 0.6) is 0 Å². The van der Waals surface area contributed by atoms with Crippen LogP contribution in [0.2, 0.25) is 5.02 Å². The van der Waals surface area contributed by atoms with E-state index in [1.54, 1.807) is 12.1 Å². The Morgan fingerprint density at radius 1 is 1.22 bits per heavy atom. The molecule has 2 aromatic carbocycles. The van der Waals surface area contributed by atoms with Gasteiger partial charge in [0.1, 0.15) is 17.3 Å². The van der Waals surface area contributed by atoms with Crippen molar-refractivity contribution in [3.05, 3.63) is 86.9 Å². The molecule has 1 aromatic heterocycles. The molecule has 3 rings (SSSR count). The van der Waals surface area contributed by atoms with Crippen molar-refractivity contribution in [2.45, 2.75) is 0 Å². The Morgan fingerprint density at radius 3 is 2.74 bits per heavy atom. The number of halogens is 2. The van der Waals surface area contributed by atoms with E-state index >= 15 is 0 Å². The van der Waals surface area contributed by atoms with Gasteiger partial charge in [0.05, 0.1) is 21.7 Å². The van der Waals surface area contributed by atoms with Gasteiger partial charge in [-0.25, -0.2) is 9.82 Å². The van der Waals surface area contributed by atoms with Gasteiger partial charge in [-0.3, -0.25) is 14.9 Å². The number of amides is 1. The first-order valence-electron chi connectivity index (χ1n) is 7.58. The van der Waals surface area contributed by atoms with Crippen molar-refractivity contribution in [2.24, 2.45) is 5.10 Å². The van der Waals surface area contributed by atoms with E-state index in [1.807, 2.05) is 0 Å². The maximum atomic E-state index is 13.5. The second-order valence-corrected chi connectivity index (χ2v) is 5.71. The monoisotopic (exact) mass is 387 g/mol. The van der Waals surface area contributed by atoms with Crippen LogP contribution in [-0.4, -0.2) is 17.0 Å². The molecule has 0 saturated heterocycles. The van der Waals surface area contributed by atoms with E-state index in [0.717, 1.165) is 0 Å². The Kier molecular flexibility index (Phi) is 5.28. The number of carbonyl (C=O) groups excluding carboxylic acids is 1. The second kappa shape index (κ2) is 7.79. The zero-order valence-electron chi connectivity index (χ0n) is 13.6. The van der Waals surface area contributed by atoms with Gasteiger partial charge < -0.3 is 4.42 Å². The van der Waals surface area contributed by atoms with Crippen LogP contribution in [0.3, 0.4) is 0 Å². The zero-order valence-corrected chi connectivity index (χ0v) is 14.3. The predicted molar refractivity (Wildman–Crippen MR) is 97.3 cm³/mol. The van der Waals surface area contributed by atoms with Gasteiger partial charge >= 0.3 is 0 Å². The fraction of sp³-hybridized carbons (Fsp3) is 0. The molecule has 9 heteroatoms. The first-order valence-corrected chi connectivity index (χ1v) is 7.95. The summed E-state index contributed by atoms with van der Waals surface area (Å²) >= 11 is 6.06. The maximum absolute atomic E-state index is 13.5. The van der Waals surface area contributed by atoms with Crippen molar-refractivity contribution in [3.63, 3.8) is 0 Å². The molecule has 0 aliphatic rings. The number of hydrogen-bond donors (Lipinski definition) is 1. The Labute approximate surface area is 157 Å². The third-order valence-electron chi connectivity index (χ3n) is 3.53. The summed E-state index contributed by atoms with van der Waals surface area (Å²) in [5.74, 6) is -0.810. The van der Waals surface area contributed by atoms with Crippen LogP contribution in [0, 0.1) is 15.9 Å². The van der Waals surface area contributed by atoms with Crippen molar-refractivity contribution < 1.29 is 18.5 Å². The molecule has 0 unspecified atom stereocenters. The van der Waals surface area contributed by atoms with Crippen LogP contribution in [0.25, 0.3) is 11.3 Å². The molecule has 0 aliphatic carbocycles. The highest BCUT2D eigenvalue weighted by Gasteiger charge is 2.14. The van der Waals surface area contributed by atoms with Crippen LogP contribution in [0.1, 0.15) is 16.1 Å². The molecule has 0 radical (unpaired) electrons. The molecule has 0 atom stereocenters. The fourth-order valence-electron chi connectivity index (χ4n) is 2.24. The van der Waals surface area contributed by atoms with E-state index in [2.05, 4.69) is 10.5 Å². The summed E-state index contributed by atoms with van der Waals surface area (Å²) in [5.41, 5.74) is 2.27. The molecule has 1 N–H and O–H groups in total. The standard InChI is InChI=1S/C18H11ClFN3O4/c19-15-7-5-11(23(25)26)9-14(15)17-8-6-12(27-17)10-21-22-18(24)13-3-1-2-4-16(13)20/h1-10H,(H,22,24)/b21-10+. The normalized spacial score (nSPS) is 10.9. The molecule has 0 spiro atoms. The number of hydrazone groups is 1. The molecular weight excluding hydrogens is 377 g/mol. The molecule has 136 valence electrons. The van der Waals surface area contributed by atoms with E-state index in [1.165, 1.54) is 48.7 Å². The SMILES string of the molecule is O=C(N/N=C/c1ccc(-c2cc([N+](=O)[O-])ccc2Cl)o1)c1ccccc1F. The highest BCUT2D eigenvalue weighted by molar-refractivity contribution is 6.33. The highest BCUT2D eigenvalue weighted by Crippen LogP contribution is 2.32. The third-order valence-corrected chi connectivity index (χ3v) is 3.86. The Hall–Kier alpha value is -3.52. The summed E-state index contributed by atoms with van der Waals surface area (Å²) in [6, 6.07) is 12.6. The Morgan fingerprint density at radius 2 is 2.00 bits per heavy atom. The van der Waals surface area contributed by atoms with Crippen LogP contribution < -0.4 is 5.43 Å². The number of nitro benzene ring substituents is 1. The lowest BCUT2D eigenvalue weighted by molar-refractivity contribution is -0.384. The van der Waals surface area contributed by atoms with Crippen LogP contribution >= 0.6 is 11.6 Å². The van der Waals surface area contributed by atoms with Gasteiger partial charge in [-0.05, 0) is 30.3 Å². The van der Waals surface area contributed by atoms with Crippen molar-refractivity contribution in [2.75, 3.05) is 0 Å². The average molecular weight is 388 g/mol. The molecule has 1 amide bonds. The largest absolute Gasteiger partial charge is 0.455 e. The smallest absolute Gasteiger partial charge is 0.274 e. The molecule has 3 aromatic rings. The van der Waals surface area contributed by atoms with Gasteiger partial charge in [-0.1, -0.05) is 23.7 Å². The Bertz CT molecular complexity index is 1050. The van der Waals surface area contributed by atoms with E-state index in [-0.39, 0.29) is 22.0 Å². The molecule has 0 bridgehead atoms. The average Bonchev–Trinajstić information content (AvgIpc) is 3.10. The van der Waals surface area contributed by atoms with Gasteiger partial charge in [0.15, 0.2) is 0 Å². The summed E-state index contributed by atoms with van der Waals surface area (Å²) in [7, 11) is 0. The lowest BCUT2D eigenvalue weighted by Crippen LogP contribution is -2.18. The topological polar surface area (TPSA) is 97.7 Å². The van der Waals surface area contributed by atoms with Crippen LogP contribution in [0.4, 0.5) is 10.1 Å². The summed E-state index contributed by atoms with van der Waals surface area (Å²) in [5, 5.41) is 14.9. The fourth-order valence-corrected chi connectivity index (χ4v) is 2.45. The van der Waals surface area contributed by atoms with E-state index in [4.69, 9.17) is 16.0 Å². The van der Waals surface area contributed by atoms with Crippen molar-refractivity contribution in [1.29, 1.82) is 0 Å². The molecule has 0 saturated carbocycles. The van der Waals surface area contributed by atoms with E-state index < -0.39 is 16.6 Å². The van der Waals surface area contributed by atoms with E-state index in [9.17, 15) is 19.3 Å². The minimum atomic E-state index is -0.710. The van der Waals surface area contributed by atoms with Crippen LogP contribution in [0.15, 0.2) is 64.1 Å². The molecule has 0 aliphatic heterocycles. The number of rotatable bonds is 5. The maximum Gasteiger partial charge on any atom is 0.274 e. The number of nitrogens with one attached hydrogen (secondary N) is 1. The first-order chi connectivity index (χ1) is 13.0. The number of furan rings is 1. The van der Waals surface area contributed by atoms with Gasteiger partial charge in [0.25, 0.3) is 11.6 Å². The summed E-state index contributed by atoms with van der Waals surface area (Å²) in [4.78, 5) is 22.2. The lowest BCUT2D eigenvalue weighted by Gasteiger charge is -2.01.